The van der Waals surface area contributed by atoms with E-state index in [1.54, 1.807) is 30.5 Å². The Labute approximate surface area is 159 Å². The number of hydrogen-bond acceptors (Lipinski definition) is 5. The highest BCUT2D eigenvalue weighted by atomic mass is 32.2. The van der Waals surface area contributed by atoms with Gasteiger partial charge in [0.05, 0.1) is 10.5 Å². The van der Waals surface area contributed by atoms with Crippen LogP contribution in [-0.4, -0.2) is 31.9 Å². The number of rotatable bonds is 7. The molecule has 1 aliphatic rings. The first-order valence-corrected chi connectivity index (χ1v) is 10.6. The molecule has 1 saturated carbocycles. The van der Waals surface area contributed by atoms with Crippen LogP contribution in [0.1, 0.15) is 41.6 Å². The summed E-state index contributed by atoms with van der Waals surface area (Å²) in [6, 6.07) is 10.3. The van der Waals surface area contributed by atoms with Gasteiger partial charge in [0.25, 0.3) is 5.91 Å². The molecule has 0 unspecified atom stereocenters. The maximum atomic E-state index is 12.2. The number of anilines is 1. The van der Waals surface area contributed by atoms with Crippen LogP contribution in [-0.2, 0) is 16.4 Å². The number of carbonyl (C=O) groups excluding carboxylic acids is 1. The first kappa shape index (κ1) is 19.3. The first-order valence-electron chi connectivity index (χ1n) is 9.04. The summed E-state index contributed by atoms with van der Waals surface area (Å²) < 4.78 is 22.5. The molecule has 1 aliphatic carbocycles. The summed E-state index contributed by atoms with van der Waals surface area (Å²) in [7, 11) is -3.66. The smallest absolute Gasteiger partial charge is 0.253 e. The predicted octanol–water partition coefficient (Wildman–Crippen LogP) is 2.06. The molecule has 0 radical (unpaired) electrons. The van der Waals surface area contributed by atoms with Gasteiger partial charge in [-0.3, -0.25) is 4.79 Å². The maximum absolute atomic E-state index is 12.2. The molecule has 0 spiro atoms. The number of primary sulfonamides is 1. The summed E-state index contributed by atoms with van der Waals surface area (Å²) in [5, 5.41) is 11.3. The minimum absolute atomic E-state index is 0.0732. The maximum Gasteiger partial charge on any atom is 0.253 e. The largest absolute Gasteiger partial charge is 0.370 e. The van der Waals surface area contributed by atoms with E-state index in [4.69, 9.17) is 5.14 Å². The second-order valence-corrected chi connectivity index (χ2v) is 8.31. The lowest BCUT2D eigenvalue weighted by Gasteiger charge is -2.12. The lowest BCUT2D eigenvalue weighted by Crippen LogP contribution is -2.32. The van der Waals surface area contributed by atoms with Crippen molar-refractivity contribution in [2.24, 2.45) is 5.14 Å². The van der Waals surface area contributed by atoms with E-state index in [0.29, 0.717) is 24.3 Å². The van der Waals surface area contributed by atoms with Crippen molar-refractivity contribution in [3.63, 3.8) is 0 Å². The highest BCUT2D eigenvalue weighted by Crippen LogP contribution is 2.18. The van der Waals surface area contributed by atoms with Gasteiger partial charge >= 0.3 is 0 Å². The molecule has 8 heteroatoms. The van der Waals surface area contributed by atoms with Crippen LogP contribution in [0.3, 0.4) is 0 Å². The molecule has 0 atom stereocenters. The van der Waals surface area contributed by atoms with Gasteiger partial charge in [-0.1, -0.05) is 25.0 Å². The van der Waals surface area contributed by atoms with Gasteiger partial charge in [0, 0.05) is 18.8 Å². The number of pyridine rings is 1. The van der Waals surface area contributed by atoms with Crippen molar-refractivity contribution < 1.29 is 13.2 Å². The van der Waals surface area contributed by atoms with Crippen molar-refractivity contribution >= 4 is 21.7 Å². The van der Waals surface area contributed by atoms with Gasteiger partial charge < -0.3 is 10.6 Å². The number of nitrogens with zero attached hydrogens (tertiary/aromatic N) is 1. The van der Waals surface area contributed by atoms with E-state index in [9.17, 15) is 13.2 Å². The Hall–Kier alpha value is -2.45. The van der Waals surface area contributed by atoms with Crippen molar-refractivity contribution in [2.75, 3.05) is 11.9 Å². The highest BCUT2D eigenvalue weighted by molar-refractivity contribution is 7.89. The van der Waals surface area contributed by atoms with Gasteiger partial charge in [-0.05, 0) is 49.1 Å². The standard InChI is InChI=1S/C19H24N4O3S/c20-27(25,26)17-8-5-14(6-9-17)11-12-21-18-10-7-15(13-22-18)19(24)23-16-3-1-2-4-16/h5-10,13,16H,1-4,11-12H2,(H,21,22)(H,23,24)(H2,20,25,26). The fraction of sp³-hybridized carbons (Fsp3) is 0.368. The van der Waals surface area contributed by atoms with Gasteiger partial charge in [-0.15, -0.1) is 0 Å². The van der Waals surface area contributed by atoms with E-state index < -0.39 is 10.0 Å². The Morgan fingerprint density at radius 1 is 1.11 bits per heavy atom. The third-order valence-electron chi connectivity index (χ3n) is 4.69. The third kappa shape index (κ3) is 5.51. The molecule has 27 heavy (non-hydrogen) atoms. The second-order valence-electron chi connectivity index (χ2n) is 6.75. The minimum Gasteiger partial charge on any atom is -0.370 e. The van der Waals surface area contributed by atoms with Crippen LogP contribution < -0.4 is 15.8 Å². The number of hydrogen-bond donors (Lipinski definition) is 3. The van der Waals surface area contributed by atoms with Crippen molar-refractivity contribution in [1.82, 2.24) is 10.3 Å². The molecule has 0 bridgehead atoms. The zero-order valence-electron chi connectivity index (χ0n) is 15.0. The quantitative estimate of drug-likeness (QED) is 0.672. The normalized spacial score (nSPS) is 14.9. The fourth-order valence-corrected chi connectivity index (χ4v) is 3.67. The molecule has 144 valence electrons. The van der Waals surface area contributed by atoms with E-state index in [-0.39, 0.29) is 16.8 Å². The summed E-state index contributed by atoms with van der Waals surface area (Å²) >= 11 is 0. The molecule has 4 N–H and O–H groups in total. The Bertz CT molecular complexity index is 874. The number of aromatic nitrogens is 1. The minimum atomic E-state index is -3.66. The van der Waals surface area contributed by atoms with Crippen LogP contribution in [0, 0.1) is 0 Å². The molecular weight excluding hydrogens is 364 g/mol. The molecule has 1 aromatic heterocycles. The van der Waals surface area contributed by atoms with Gasteiger partial charge in [-0.25, -0.2) is 18.5 Å². The Balaban J connectivity index is 1.47. The molecular formula is C19H24N4O3S. The number of sulfonamides is 1. The predicted molar refractivity (Wildman–Crippen MR) is 104 cm³/mol. The fourth-order valence-electron chi connectivity index (χ4n) is 3.15. The average molecular weight is 388 g/mol. The molecule has 2 aromatic rings. The van der Waals surface area contributed by atoms with E-state index >= 15 is 0 Å². The average Bonchev–Trinajstić information content (AvgIpc) is 3.15. The van der Waals surface area contributed by atoms with Crippen LogP contribution in [0.5, 0.6) is 0 Å². The molecule has 0 aliphatic heterocycles. The number of carbonyl (C=O) groups is 1. The van der Waals surface area contributed by atoms with Gasteiger partial charge in [0.2, 0.25) is 10.0 Å². The van der Waals surface area contributed by atoms with Gasteiger partial charge in [-0.2, -0.15) is 0 Å². The van der Waals surface area contributed by atoms with E-state index in [0.717, 1.165) is 18.4 Å². The lowest BCUT2D eigenvalue weighted by molar-refractivity contribution is 0.0937. The highest BCUT2D eigenvalue weighted by Gasteiger charge is 2.18. The van der Waals surface area contributed by atoms with E-state index in [1.165, 1.54) is 25.0 Å². The molecule has 1 amide bonds. The summed E-state index contributed by atoms with van der Waals surface area (Å²) in [4.78, 5) is 16.6. The molecule has 7 nitrogen and oxygen atoms in total. The Morgan fingerprint density at radius 3 is 2.41 bits per heavy atom. The number of benzene rings is 1. The molecule has 3 rings (SSSR count). The van der Waals surface area contributed by atoms with Crippen LogP contribution in [0.15, 0.2) is 47.5 Å². The number of amides is 1. The number of nitrogens with two attached hydrogens (primary N) is 1. The summed E-state index contributed by atoms with van der Waals surface area (Å²) in [6.07, 6.45) is 6.74. The zero-order valence-corrected chi connectivity index (χ0v) is 15.8. The SMILES string of the molecule is NS(=O)(=O)c1ccc(CCNc2ccc(C(=O)NC3CCCC3)cn2)cc1. The second kappa shape index (κ2) is 8.49. The Kier molecular flexibility index (Phi) is 6.08. The summed E-state index contributed by atoms with van der Waals surface area (Å²) in [5.41, 5.74) is 1.55. The zero-order chi connectivity index (χ0) is 19.3. The molecule has 1 fully saturated rings. The van der Waals surface area contributed by atoms with Crippen LogP contribution >= 0.6 is 0 Å². The summed E-state index contributed by atoms with van der Waals surface area (Å²) in [5.74, 6) is 0.615. The van der Waals surface area contributed by atoms with Crippen molar-refractivity contribution in [1.29, 1.82) is 0 Å². The topological polar surface area (TPSA) is 114 Å². The third-order valence-corrected chi connectivity index (χ3v) is 5.62. The Morgan fingerprint density at radius 2 is 1.81 bits per heavy atom. The lowest BCUT2D eigenvalue weighted by atomic mass is 10.1. The molecule has 1 heterocycles. The number of nitrogens with one attached hydrogen (secondary N) is 2. The first-order chi connectivity index (χ1) is 12.9. The molecule has 1 aromatic carbocycles. The van der Waals surface area contributed by atoms with Gasteiger partial charge in [0.15, 0.2) is 0 Å². The molecule has 0 saturated heterocycles. The van der Waals surface area contributed by atoms with Crippen molar-refractivity contribution in [2.45, 2.75) is 43.0 Å². The van der Waals surface area contributed by atoms with E-state index in [1.807, 2.05) is 0 Å². The monoisotopic (exact) mass is 388 g/mol. The van der Waals surface area contributed by atoms with Crippen LogP contribution in [0.2, 0.25) is 0 Å². The van der Waals surface area contributed by atoms with Crippen LogP contribution in [0.25, 0.3) is 0 Å². The van der Waals surface area contributed by atoms with Crippen molar-refractivity contribution in [3.05, 3.63) is 53.7 Å². The summed E-state index contributed by atoms with van der Waals surface area (Å²) in [6.45, 7) is 0.634. The van der Waals surface area contributed by atoms with Gasteiger partial charge in [0.1, 0.15) is 5.82 Å². The van der Waals surface area contributed by atoms with Crippen molar-refractivity contribution in [3.8, 4) is 0 Å². The van der Waals surface area contributed by atoms with E-state index in [2.05, 4.69) is 15.6 Å². The van der Waals surface area contributed by atoms with Crippen LogP contribution in [0.4, 0.5) is 5.82 Å².